The van der Waals surface area contributed by atoms with Gasteiger partial charge in [-0.05, 0) is 20.8 Å². The van der Waals surface area contributed by atoms with Crippen LogP contribution in [-0.4, -0.2) is 28.9 Å². The fourth-order valence-electron chi connectivity index (χ4n) is 0.760. The minimum Gasteiger partial charge on any atom is -0.462 e. The standard InChI is InChI=1S/C9H14N2O4/c1-9(2,3)14-5-6-10-11-7(15-6)8(12)13-4/h5H2,1-4H3. The zero-order chi connectivity index (χ0) is 11.5. The van der Waals surface area contributed by atoms with Crippen LogP contribution in [0.25, 0.3) is 0 Å². The van der Waals surface area contributed by atoms with Crippen molar-refractivity contribution in [2.24, 2.45) is 0 Å². The highest BCUT2D eigenvalue weighted by atomic mass is 16.5. The van der Waals surface area contributed by atoms with Crippen molar-refractivity contribution in [1.82, 2.24) is 10.2 Å². The number of ether oxygens (including phenoxy) is 2. The third-order valence-electron chi connectivity index (χ3n) is 1.46. The third kappa shape index (κ3) is 3.67. The van der Waals surface area contributed by atoms with Crippen molar-refractivity contribution < 1.29 is 18.7 Å². The van der Waals surface area contributed by atoms with Gasteiger partial charge in [-0.15, -0.1) is 10.2 Å². The molecule has 0 aromatic carbocycles. The lowest BCUT2D eigenvalue weighted by Gasteiger charge is -2.17. The van der Waals surface area contributed by atoms with Crippen LogP contribution in [0.1, 0.15) is 37.3 Å². The average Bonchev–Trinajstić information content (AvgIpc) is 2.61. The minimum absolute atomic E-state index is 0.162. The second kappa shape index (κ2) is 4.39. The minimum atomic E-state index is -0.649. The maximum Gasteiger partial charge on any atom is 0.396 e. The number of carbonyl (C=O) groups excluding carboxylic acids is 1. The molecule has 0 saturated heterocycles. The summed E-state index contributed by atoms with van der Waals surface area (Å²) in [5.74, 6) is -0.556. The number of hydrogen-bond donors (Lipinski definition) is 0. The maximum absolute atomic E-state index is 11.0. The van der Waals surface area contributed by atoms with Gasteiger partial charge in [-0.3, -0.25) is 0 Å². The summed E-state index contributed by atoms with van der Waals surface area (Å²) in [7, 11) is 1.25. The average molecular weight is 214 g/mol. The van der Waals surface area contributed by atoms with Gasteiger partial charge >= 0.3 is 11.9 Å². The first-order chi connectivity index (χ1) is 6.92. The van der Waals surface area contributed by atoms with Gasteiger partial charge in [0.05, 0.1) is 12.7 Å². The lowest BCUT2D eigenvalue weighted by atomic mass is 10.2. The Kier molecular flexibility index (Phi) is 3.41. The molecule has 1 rings (SSSR count). The van der Waals surface area contributed by atoms with Crippen LogP contribution >= 0.6 is 0 Å². The highest BCUT2D eigenvalue weighted by Gasteiger charge is 2.17. The van der Waals surface area contributed by atoms with E-state index in [0.29, 0.717) is 0 Å². The van der Waals surface area contributed by atoms with Gasteiger partial charge in [0.1, 0.15) is 6.61 Å². The summed E-state index contributed by atoms with van der Waals surface area (Å²) in [6, 6.07) is 0. The van der Waals surface area contributed by atoms with E-state index in [1.165, 1.54) is 7.11 Å². The van der Waals surface area contributed by atoms with Gasteiger partial charge in [0.2, 0.25) is 5.89 Å². The number of nitrogens with zero attached hydrogens (tertiary/aromatic N) is 2. The molecule has 0 aliphatic carbocycles. The van der Waals surface area contributed by atoms with Crippen LogP contribution in [0.5, 0.6) is 0 Å². The third-order valence-corrected chi connectivity index (χ3v) is 1.46. The van der Waals surface area contributed by atoms with Crippen molar-refractivity contribution in [2.75, 3.05) is 7.11 Å². The van der Waals surface area contributed by atoms with E-state index in [1.54, 1.807) is 0 Å². The molecule has 1 aromatic rings. The van der Waals surface area contributed by atoms with Gasteiger partial charge in [0, 0.05) is 0 Å². The number of methoxy groups -OCH3 is 1. The Morgan fingerprint density at radius 1 is 1.40 bits per heavy atom. The SMILES string of the molecule is COC(=O)c1nnc(COC(C)(C)C)o1. The highest BCUT2D eigenvalue weighted by molar-refractivity contribution is 5.83. The van der Waals surface area contributed by atoms with Gasteiger partial charge in [-0.2, -0.15) is 0 Å². The predicted molar refractivity (Wildman–Crippen MR) is 50.2 cm³/mol. The number of aromatic nitrogens is 2. The fourth-order valence-corrected chi connectivity index (χ4v) is 0.760. The van der Waals surface area contributed by atoms with E-state index in [4.69, 9.17) is 9.15 Å². The Morgan fingerprint density at radius 3 is 2.60 bits per heavy atom. The first kappa shape index (κ1) is 11.6. The summed E-state index contributed by atoms with van der Waals surface area (Å²) in [5, 5.41) is 7.16. The zero-order valence-corrected chi connectivity index (χ0v) is 9.23. The molecule has 1 heterocycles. The largest absolute Gasteiger partial charge is 0.462 e. The number of carbonyl (C=O) groups is 1. The number of rotatable bonds is 3. The molecule has 0 radical (unpaired) electrons. The van der Waals surface area contributed by atoms with Crippen molar-refractivity contribution in [3.05, 3.63) is 11.8 Å². The topological polar surface area (TPSA) is 74.5 Å². The number of hydrogen-bond acceptors (Lipinski definition) is 6. The smallest absolute Gasteiger partial charge is 0.396 e. The summed E-state index contributed by atoms with van der Waals surface area (Å²) < 4.78 is 14.8. The van der Waals surface area contributed by atoms with Gasteiger partial charge < -0.3 is 13.9 Å². The zero-order valence-electron chi connectivity index (χ0n) is 9.23. The van der Waals surface area contributed by atoms with Gasteiger partial charge in [-0.25, -0.2) is 4.79 Å². The summed E-state index contributed by atoms with van der Waals surface area (Å²) in [6.45, 7) is 5.90. The van der Waals surface area contributed by atoms with Crippen LogP contribution in [0.4, 0.5) is 0 Å². The van der Waals surface area contributed by atoms with Crippen LogP contribution in [-0.2, 0) is 16.1 Å². The number of esters is 1. The predicted octanol–water partition coefficient (Wildman–Crippen LogP) is 1.17. The molecule has 0 N–H and O–H groups in total. The molecule has 0 atom stereocenters. The van der Waals surface area contributed by atoms with E-state index in [1.807, 2.05) is 20.8 Å². The van der Waals surface area contributed by atoms with Crippen molar-refractivity contribution in [2.45, 2.75) is 33.0 Å². The fraction of sp³-hybridized carbons (Fsp3) is 0.667. The van der Waals surface area contributed by atoms with Crippen LogP contribution in [0, 0.1) is 0 Å². The summed E-state index contributed by atoms with van der Waals surface area (Å²) in [5.41, 5.74) is -0.292. The Bertz CT molecular complexity index is 340. The Hall–Kier alpha value is -1.43. The van der Waals surface area contributed by atoms with Crippen molar-refractivity contribution in [3.63, 3.8) is 0 Å². The lowest BCUT2D eigenvalue weighted by molar-refractivity contribution is -0.0247. The quantitative estimate of drug-likeness (QED) is 0.703. The molecule has 6 nitrogen and oxygen atoms in total. The molecule has 0 aliphatic heterocycles. The molecule has 0 fully saturated rings. The molecular formula is C9H14N2O4. The molecule has 1 aromatic heterocycles. The monoisotopic (exact) mass is 214 g/mol. The summed E-state index contributed by atoms with van der Waals surface area (Å²) >= 11 is 0. The highest BCUT2D eigenvalue weighted by Crippen LogP contribution is 2.11. The second-order valence-corrected chi connectivity index (χ2v) is 3.89. The van der Waals surface area contributed by atoms with Gasteiger partial charge in [0.15, 0.2) is 0 Å². The Balaban J connectivity index is 2.57. The molecular weight excluding hydrogens is 200 g/mol. The summed E-state index contributed by atoms with van der Waals surface area (Å²) in [4.78, 5) is 11.0. The van der Waals surface area contributed by atoms with Crippen molar-refractivity contribution in [1.29, 1.82) is 0 Å². The maximum atomic E-state index is 11.0. The second-order valence-electron chi connectivity index (χ2n) is 3.89. The molecule has 0 bridgehead atoms. The van der Waals surface area contributed by atoms with E-state index in [0.717, 1.165) is 0 Å². The molecule has 84 valence electrons. The van der Waals surface area contributed by atoms with E-state index < -0.39 is 5.97 Å². The Morgan fingerprint density at radius 2 is 2.07 bits per heavy atom. The first-order valence-corrected chi connectivity index (χ1v) is 4.47. The van der Waals surface area contributed by atoms with Crippen LogP contribution in [0.3, 0.4) is 0 Å². The molecule has 0 unspecified atom stereocenters. The normalized spacial score (nSPS) is 11.5. The van der Waals surface area contributed by atoms with E-state index >= 15 is 0 Å². The molecule has 0 saturated carbocycles. The van der Waals surface area contributed by atoms with E-state index in [9.17, 15) is 4.79 Å². The van der Waals surface area contributed by atoms with Crippen molar-refractivity contribution in [3.8, 4) is 0 Å². The molecule has 0 amide bonds. The molecule has 0 aliphatic rings. The molecule has 15 heavy (non-hydrogen) atoms. The lowest BCUT2D eigenvalue weighted by Crippen LogP contribution is -2.18. The van der Waals surface area contributed by atoms with Crippen LogP contribution in [0.2, 0.25) is 0 Å². The van der Waals surface area contributed by atoms with Crippen LogP contribution in [0.15, 0.2) is 4.42 Å². The molecule has 0 spiro atoms. The van der Waals surface area contributed by atoms with Crippen molar-refractivity contribution >= 4 is 5.97 Å². The van der Waals surface area contributed by atoms with E-state index in [2.05, 4.69) is 14.9 Å². The van der Waals surface area contributed by atoms with E-state index in [-0.39, 0.29) is 24.0 Å². The Labute approximate surface area is 87.6 Å². The molecule has 6 heteroatoms. The van der Waals surface area contributed by atoms with Gasteiger partial charge in [-0.1, -0.05) is 0 Å². The first-order valence-electron chi connectivity index (χ1n) is 4.47. The summed E-state index contributed by atoms with van der Waals surface area (Å²) in [6.07, 6.45) is 0. The van der Waals surface area contributed by atoms with Gasteiger partial charge in [0.25, 0.3) is 0 Å². The van der Waals surface area contributed by atoms with Crippen LogP contribution < -0.4 is 0 Å².